The van der Waals surface area contributed by atoms with Crippen LogP contribution >= 0.6 is 0 Å². The zero-order valence-corrected chi connectivity index (χ0v) is 14.2. The maximum absolute atomic E-state index is 5.51. The number of hydrogen-bond acceptors (Lipinski definition) is 3. The average Bonchev–Trinajstić information content (AvgIpc) is 3.21. The Hall–Kier alpha value is -2.66. The molecule has 0 spiro atoms. The van der Waals surface area contributed by atoms with Crippen LogP contribution in [0, 0.1) is 6.92 Å². The van der Waals surface area contributed by atoms with Crippen LogP contribution in [-0.4, -0.2) is 32.7 Å². The van der Waals surface area contributed by atoms with Crippen LogP contribution < -0.4 is 0 Å². The van der Waals surface area contributed by atoms with Gasteiger partial charge in [-0.2, -0.15) is 0 Å². The summed E-state index contributed by atoms with van der Waals surface area (Å²) in [5.74, 6) is 1.96. The summed E-state index contributed by atoms with van der Waals surface area (Å²) >= 11 is 0. The molecule has 1 saturated heterocycles. The second kappa shape index (κ2) is 5.70. The molecular formula is C20H20N4O. The molecule has 0 atom stereocenters. The number of aromatic amines is 1. The SMILES string of the molecule is Cc1nc2cc(-c3nc4ccccc4[nH]3)ccc2n1C1CCOCC1. The highest BCUT2D eigenvalue weighted by Gasteiger charge is 2.20. The Morgan fingerprint density at radius 1 is 1.04 bits per heavy atom. The van der Waals surface area contributed by atoms with E-state index in [9.17, 15) is 0 Å². The summed E-state index contributed by atoms with van der Waals surface area (Å²) in [5.41, 5.74) is 5.34. The van der Waals surface area contributed by atoms with Crippen molar-refractivity contribution in [3.05, 3.63) is 48.3 Å². The first-order valence-electron chi connectivity index (χ1n) is 8.81. The zero-order chi connectivity index (χ0) is 16.8. The maximum Gasteiger partial charge on any atom is 0.138 e. The van der Waals surface area contributed by atoms with Gasteiger partial charge >= 0.3 is 0 Å². The van der Waals surface area contributed by atoms with E-state index in [4.69, 9.17) is 14.7 Å². The molecule has 1 aliphatic rings. The molecule has 126 valence electrons. The first kappa shape index (κ1) is 14.7. The van der Waals surface area contributed by atoms with Crippen LogP contribution in [0.5, 0.6) is 0 Å². The Kier molecular flexibility index (Phi) is 3.35. The van der Waals surface area contributed by atoms with E-state index in [0.29, 0.717) is 6.04 Å². The van der Waals surface area contributed by atoms with Gasteiger partial charge in [-0.25, -0.2) is 9.97 Å². The molecule has 5 nitrogen and oxygen atoms in total. The number of hydrogen-bond donors (Lipinski definition) is 1. The lowest BCUT2D eigenvalue weighted by Crippen LogP contribution is -2.20. The molecule has 25 heavy (non-hydrogen) atoms. The Labute approximate surface area is 145 Å². The van der Waals surface area contributed by atoms with Crippen molar-refractivity contribution in [1.29, 1.82) is 0 Å². The van der Waals surface area contributed by atoms with Gasteiger partial charge in [0.2, 0.25) is 0 Å². The molecule has 4 aromatic rings. The molecule has 2 aromatic heterocycles. The molecule has 0 aliphatic carbocycles. The minimum Gasteiger partial charge on any atom is -0.381 e. The highest BCUT2D eigenvalue weighted by atomic mass is 16.5. The van der Waals surface area contributed by atoms with Gasteiger partial charge in [-0.15, -0.1) is 0 Å². The van der Waals surface area contributed by atoms with E-state index in [0.717, 1.165) is 59.8 Å². The minimum absolute atomic E-state index is 0.482. The maximum atomic E-state index is 5.51. The van der Waals surface area contributed by atoms with Crippen LogP contribution in [0.4, 0.5) is 0 Å². The standard InChI is InChI=1S/C20H20N4O/c1-13-21-18-12-14(20-22-16-4-2-3-5-17(16)23-20)6-7-19(18)24(13)15-8-10-25-11-9-15/h2-7,12,15H,8-11H2,1H3,(H,22,23). The predicted octanol–water partition coefficient (Wildman–Crippen LogP) is 4.24. The summed E-state index contributed by atoms with van der Waals surface area (Å²) < 4.78 is 7.88. The minimum atomic E-state index is 0.482. The van der Waals surface area contributed by atoms with E-state index in [1.165, 1.54) is 5.52 Å². The Morgan fingerprint density at radius 3 is 2.72 bits per heavy atom. The van der Waals surface area contributed by atoms with Gasteiger partial charge < -0.3 is 14.3 Å². The Balaban J connectivity index is 1.60. The summed E-state index contributed by atoms with van der Waals surface area (Å²) in [5, 5.41) is 0. The summed E-state index contributed by atoms with van der Waals surface area (Å²) in [4.78, 5) is 12.9. The average molecular weight is 332 g/mol. The van der Waals surface area contributed by atoms with Crippen LogP contribution in [0.2, 0.25) is 0 Å². The fourth-order valence-electron chi connectivity index (χ4n) is 3.86. The molecule has 1 aliphatic heterocycles. The van der Waals surface area contributed by atoms with Crippen molar-refractivity contribution in [2.75, 3.05) is 13.2 Å². The van der Waals surface area contributed by atoms with Gasteiger partial charge in [0.1, 0.15) is 11.6 Å². The number of rotatable bonds is 2. The van der Waals surface area contributed by atoms with Gasteiger partial charge in [0.05, 0.1) is 22.1 Å². The third-order valence-electron chi connectivity index (χ3n) is 5.08. The van der Waals surface area contributed by atoms with Crippen molar-refractivity contribution in [3.8, 4) is 11.4 Å². The first-order valence-corrected chi connectivity index (χ1v) is 8.81. The van der Waals surface area contributed by atoms with Crippen molar-refractivity contribution in [3.63, 3.8) is 0 Å². The molecular weight excluding hydrogens is 312 g/mol. The number of para-hydroxylation sites is 2. The summed E-state index contributed by atoms with van der Waals surface area (Å²) in [6, 6.07) is 15.0. The molecule has 0 radical (unpaired) electrons. The van der Waals surface area contributed by atoms with Crippen LogP contribution in [0.25, 0.3) is 33.5 Å². The predicted molar refractivity (Wildman–Crippen MR) is 98.6 cm³/mol. The zero-order valence-electron chi connectivity index (χ0n) is 14.2. The fourth-order valence-corrected chi connectivity index (χ4v) is 3.86. The van der Waals surface area contributed by atoms with E-state index < -0.39 is 0 Å². The molecule has 0 unspecified atom stereocenters. The van der Waals surface area contributed by atoms with E-state index in [2.05, 4.69) is 34.7 Å². The lowest BCUT2D eigenvalue weighted by molar-refractivity contribution is 0.0701. The van der Waals surface area contributed by atoms with E-state index >= 15 is 0 Å². The number of fused-ring (bicyclic) bond motifs is 2. The number of nitrogens with zero attached hydrogens (tertiary/aromatic N) is 3. The Morgan fingerprint density at radius 2 is 1.88 bits per heavy atom. The normalized spacial score (nSPS) is 16.0. The second-order valence-corrected chi connectivity index (χ2v) is 6.68. The smallest absolute Gasteiger partial charge is 0.138 e. The first-order chi connectivity index (χ1) is 12.3. The van der Waals surface area contributed by atoms with Gasteiger partial charge in [-0.1, -0.05) is 12.1 Å². The number of imidazole rings is 2. The number of aromatic nitrogens is 4. The molecule has 5 rings (SSSR count). The summed E-state index contributed by atoms with van der Waals surface area (Å²) in [6.45, 7) is 3.76. The topological polar surface area (TPSA) is 55.7 Å². The van der Waals surface area contributed by atoms with E-state index in [-0.39, 0.29) is 0 Å². The quantitative estimate of drug-likeness (QED) is 0.597. The Bertz CT molecular complexity index is 1020. The number of aryl methyl sites for hydroxylation is 1. The van der Waals surface area contributed by atoms with Crippen LogP contribution in [0.15, 0.2) is 42.5 Å². The van der Waals surface area contributed by atoms with Gasteiger partial charge in [-0.05, 0) is 50.1 Å². The fraction of sp³-hybridized carbons (Fsp3) is 0.300. The lowest BCUT2D eigenvalue weighted by Gasteiger charge is -2.25. The summed E-state index contributed by atoms with van der Waals surface area (Å²) in [7, 11) is 0. The molecule has 5 heteroatoms. The van der Waals surface area contributed by atoms with Crippen LogP contribution in [0.3, 0.4) is 0 Å². The van der Waals surface area contributed by atoms with Gasteiger partial charge in [0.25, 0.3) is 0 Å². The molecule has 0 saturated carbocycles. The summed E-state index contributed by atoms with van der Waals surface area (Å²) in [6.07, 6.45) is 2.11. The van der Waals surface area contributed by atoms with Crippen molar-refractivity contribution in [1.82, 2.24) is 19.5 Å². The van der Waals surface area contributed by atoms with Crippen molar-refractivity contribution < 1.29 is 4.74 Å². The molecule has 1 N–H and O–H groups in total. The second-order valence-electron chi connectivity index (χ2n) is 6.68. The monoisotopic (exact) mass is 332 g/mol. The lowest BCUT2D eigenvalue weighted by atomic mass is 10.1. The molecule has 1 fully saturated rings. The highest BCUT2D eigenvalue weighted by molar-refractivity contribution is 5.84. The van der Waals surface area contributed by atoms with Crippen LogP contribution in [-0.2, 0) is 4.74 Å². The van der Waals surface area contributed by atoms with E-state index in [1.807, 2.05) is 24.3 Å². The number of benzene rings is 2. The van der Waals surface area contributed by atoms with Crippen molar-refractivity contribution in [2.24, 2.45) is 0 Å². The molecule has 0 bridgehead atoms. The van der Waals surface area contributed by atoms with Crippen LogP contribution in [0.1, 0.15) is 24.7 Å². The largest absolute Gasteiger partial charge is 0.381 e. The molecule has 2 aromatic carbocycles. The van der Waals surface area contributed by atoms with E-state index in [1.54, 1.807) is 0 Å². The van der Waals surface area contributed by atoms with Gasteiger partial charge in [0, 0.05) is 24.8 Å². The van der Waals surface area contributed by atoms with Crippen molar-refractivity contribution in [2.45, 2.75) is 25.8 Å². The van der Waals surface area contributed by atoms with Gasteiger partial charge in [-0.3, -0.25) is 0 Å². The van der Waals surface area contributed by atoms with Gasteiger partial charge in [0.15, 0.2) is 0 Å². The van der Waals surface area contributed by atoms with Crippen molar-refractivity contribution >= 4 is 22.1 Å². The number of ether oxygens (including phenoxy) is 1. The third kappa shape index (κ3) is 2.43. The highest BCUT2D eigenvalue weighted by Crippen LogP contribution is 2.30. The number of nitrogens with one attached hydrogen (secondary N) is 1. The number of H-pyrrole nitrogens is 1. The third-order valence-corrected chi connectivity index (χ3v) is 5.08. The molecule has 0 amide bonds. The molecule has 3 heterocycles.